The van der Waals surface area contributed by atoms with Crippen LogP contribution in [0.15, 0.2) is 85.1 Å². The van der Waals surface area contributed by atoms with Crippen molar-refractivity contribution in [1.29, 1.82) is 0 Å². The molecule has 1 unspecified atom stereocenters. The van der Waals surface area contributed by atoms with E-state index in [1.54, 1.807) is 0 Å². The average Bonchev–Trinajstić information content (AvgIpc) is 3.20. The first-order valence-electron chi connectivity index (χ1n) is 21.5. The molecule has 0 aliphatic rings. The zero-order valence-electron chi connectivity index (χ0n) is 35.3. The van der Waals surface area contributed by atoms with E-state index in [2.05, 4.69) is 91.3 Å². The van der Waals surface area contributed by atoms with Gasteiger partial charge >= 0.3 is 19.8 Å². The van der Waals surface area contributed by atoms with Crippen LogP contribution in [0.4, 0.5) is 0 Å². The number of rotatable bonds is 39. The van der Waals surface area contributed by atoms with Crippen molar-refractivity contribution in [3.05, 3.63) is 85.1 Å². The minimum atomic E-state index is -4.64. The predicted molar refractivity (Wildman–Crippen MR) is 233 cm³/mol. The van der Waals surface area contributed by atoms with E-state index < -0.39 is 51.8 Å². The first kappa shape index (κ1) is 54.2. The monoisotopic (exact) mass is 821 g/mol. The molecule has 0 aliphatic carbocycles. The van der Waals surface area contributed by atoms with Crippen LogP contribution in [-0.2, 0) is 32.7 Å². The number of aliphatic hydroxyl groups excluding tert-OH is 2. The van der Waals surface area contributed by atoms with Crippen molar-refractivity contribution in [2.24, 2.45) is 0 Å². The number of phosphoric ester groups is 1. The van der Waals surface area contributed by atoms with Gasteiger partial charge in [-0.1, -0.05) is 150 Å². The topological polar surface area (TPSA) is 149 Å². The molecule has 0 amide bonds. The van der Waals surface area contributed by atoms with Crippen molar-refractivity contribution in [2.45, 2.75) is 167 Å². The standard InChI is InChI=1S/C46H77O10P/c1-3-5-7-9-11-13-15-17-19-20-21-22-24-26-28-30-32-34-36-38-46(50)56-44(42-55-57(51,52)54-40-43(48)39-47)41-53-45(49)37-35-33-31-29-27-25-23-18-16-14-12-10-8-6-4-2/h5,7,11,13,17-19,21-23,26,28,32,34,43-44,47-48H,3-4,6,8-10,12,14-16,20,24-25,27,29-31,33,35-42H2,1-2H3,(H,51,52)/b7-5+,13-11+,19-17+,22-21+,23-18+,28-26+,34-32+/t43-,44+/m0/s1. The maximum atomic E-state index is 12.6. The number of esters is 2. The van der Waals surface area contributed by atoms with E-state index in [-0.39, 0.29) is 19.4 Å². The summed E-state index contributed by atoms with van der Waals surface area (Å²) < 4.78 is 32.6. The van der Waals surface area contributed by atoms with Crippen LogP contribution in [0.2, 0.25) is 0 Å². The van der Waals surface area contributed by atoms with E-state index >= 15 is 0 Å². The molecule has 0 aromatic heterocycles. The predicted octanol–water partition coefficient (Wildman–Crippen LogP) is 11.4. The SMILES string of the molecule is CC/C=C/C/C=C/C/C=C/C/C=C/C/C=C/C/C=C/CCC(=O)O[C@H](COC(=O)CCCCCCC/C=C/CCCCCCCC)COP(=O)(O)OC[C@@H](O)CO. The van der Waals surface area contributed by atoms with E-state index in [0.29, 0.717) is 12.8 Å². The largest absolute Gasteiger partial charge is 0.472 e. The van der Waals surface area contributed by atoms with Gasteiger partial charge in [-0.15, -0.1) is 0 Å². The molecule has 0 heterocycles. The summed E-state index contributed by atoms with van der Waals surface area (Å²) in [6, 6.07) is 0. The number of allylic oxidation sites excluding steroid dienone is 14. The molecule has 3 N–H and O–H groups in total. The molecule has 11 heteroatoms. The van der Waals surface area contributed by atoms with E-state index in [4.69, 9.17) is 19.1 Å². The summed E-state index contributed by atoms with van der Waals surface area (Å²) in [5.74, 6) is -1.04. The summed E-state index contributed by atoms with van der Waals surface area (Å²) in [5.41, 5.74) is 0. The van der Waals surface area contributed by atoms with Gasteiger partial charge < -0.3 is 24.6 Å². The zero-order chi connectivity index (χ0) is 41.9. The summed E-state index contributed by atoms with van der Waals surface area (Å²) in [6.07, 6.45) is 48.5. The number of phosphoric acid groups is 1. The van der Waals surface area contributed by atoms with Gasteiger partial charge in [-0.05, 0) is 77.0 Å². The van der Waals surface area contributed by atoms with Gasteiger partial charge in [0, 0.05) is 12.8 Å². The van der Waals surface area contributed by atoms with E-state index in [9.17, 15) is 24.2 Å². The Balaban J connectivity index is 4.46. The highest BCUT2D eigenvalue weighted by atomic mass is 31.2. The molecular formula is C46H77O10P. The quantitative estimate of drug-likeness (QED) is 0.0237. The first-order chi connectivity index (χ1) is 27.7. The fourth-order valence-electron chi connectivity index (χ4n) is 5.25. The third-order valence-electron chi connectivity index (χ3n) is 8.55. The van der Waals surface area contributed by atoms with Crippen LogP contribution in [0.25, 0.3) is 0 Å². The Hall–Kier alpha value is -2.85. The lowest BCUT2D eigenvalue weighted by Crippen LogP contribution is -2.29. The zero-order valence-corrected chi connectivity index (χ0v) is 36.2. The highest BCUT2D eigenvalue weighted by molar-refractivity contribution is 7.47. The number of hydrogen-bond acceptors (Lipinski definition) is 9. The lowest BCUT2D eigenvalue weighted by atomic mass is 10.1. The molecule has 3 atom stereocenters. The lowest BCUT2D eigenvalue weighted by Gasteiger charge is -2.20. The number of aliphatic hydroxyl groups is 2. The van der Waals surface area contributed by atoms with Crippen molar-refractivity contribution in [2.75, 3.05) is 26.4 Å². The van der Waals surface area contributed by atoms with E-state index in [0.717, 1.165) is 77.0 Å². The van der Waals surface area contributed by atoms with Gasteiger partial charge in [0.25, 0.3) is 0 Å². The van der Waals surface area contributed by atoms with Crippen LogP contribution in [-0.4, -0.2) is 65.7 Å². The molecule has 0 aliphatic heterocycles. The van der Waals surface area contributed by atoms with Gasteiger partial charge in [0.05, 0.1) is 19.8 Å². The second-order valence-electron chi connectivity index (χ2n) is 14.0. The summed E-state index contributed by atoms with van der Waals surface area (Å²) in [6.45, 7) is 2.15. The van der Waals surface area contributed by atoms with Gasteiger partial charge in [-0.25, -0.2) is 4.57 Å². The second kappa shape index (κ2) is 41.3. The van der Waals surface area contributed by atoms with Crippen molar-refractivity contribution in [3.63, 3.8) is 0 Å². The molecule has 0 bridgehead atoms. The highest BCUT2D eigenvalue weighted by Crippen LogP contribution is 2.43. The van der Waals surface area contributed by atoms with Crippen molar-refractivity contribution >= 4 is 19.8 Å². The normalized spacial score (nSPS) is 14.7. The van der Waals surface area contributed by atoms with E-state index in [1.165, 1.54) is 38.5 Å². The summed E-state index contributed by atoms with van der Waals surface area (Å²) in [5, 5.41) is 18.3. The minimum Gasteiger partial charge on any atom is -0.462 e. The van der Waals surface area contributed by atoms with Gasteiger partial charge in [-0.3, -0.25) is 18.6 Å². The number of carbonyl (C=O) groups excluding carboxylic acids is 2. The summed E-state index contributed by atoms with van der Waals surface area (Å²) in [4.78, 5) is 34.9. The average molecular weight is 821 g/mol. The van der Waals surface area contributed by atoms with Crippen LogP contribution >= 0.6 is 7.82 Å². The van der Waals surface area contributed by atoms with E-state index in [1.807, 2.05) is 12.2 Å². The maximum Gasteiger partial charge on any atom is 0.472 e. The number of hydrogen-bond donors (Lipinski definition) is 3. The Morgan fingerprint density at radius 3 is 1.53 bits per heavy atom. The lowest BCUT2D eigenvalue weighted by molar-refractivity contribution is -0.161. The third kappa shape index (κ3) is 41.1. The molecule has 0 spiro atoms. The van der Waals surface area contributed by atoms with Crippen LogP contribution in [0.1, 0.15) is 155 Å². The molecule has 0 aromatic rings. The number of ether oxygens (including phenoxy) is 2. The molecule has 0 radical (unpaired) electrons. The Morgan fingerprint density at radius 2 is 1.00 bits per heavy atom. The molecule has 326 valence electrons. The molecule has 0 fully saturated rings. The van der Waals surface area contributed by atoms with Crippen LogP contribution < -0.4 is 0 Å². The Labute approximate surface area is 345 Å². The van der Waals surface area contributed by atoms with Gasteiger partial charge in [-0.2, -0.15) is 0 Å². The fraction of sp³-hybridized carbons (Fsp3) is 0.652. The molecular weight excluding hydrogens is 743 g/mol. The molecule has 0 saturated heterocycles. The smallest absolute Gasteiger partial charge is 0.462 e. The highest BCUT2D eigenvalue weighted by Gasteiger charge is 2.27. The molecule has 0 rings (SSSR count). The number of unbranched alkanes of at least 4 members (excludes halogenated alkanes) is 11. The Bertz CT molecular complexity index is 1220. The molecule has 0 saturated carbocycles. The Morgan fingerprint density at radius 1 is 0.544 bits per heavy atom. The second-order valence-corrected chi connectivity index (χ2v) is 15.4. The van der Waals surface area contributed by atoms with Crippen LogP contribution in [0.5, 0.6) is 0 Å². The van der Waals surface area contributed by atoms with Crippen molar-refractivity contribution in [1.82, 2.24) is 0 Å². The first-order valence-corrected chi connectivity index (χ1v) is 23.0. The maximum absolute atomic E-state index is 12.6. The molecule has 57 heavy (non-hydrogen) atoms. The van der Waals surface area contributed by atoms with Gasteiger partial charge in [0.1, 0.15) is 12.7 Å². The van der Waals surface area contributed by atoms with Crippen LogP contribution in [0.3, 0.4) is 0 Å². The fourth-order valence-corrected chi connectivity index (χ4v) is 6.04. The van der Waals surface area contributed by atoms with Gasteiger partial charge in [0.15, 0.2) is 6.10 Å². The summed E-state index contributed by atoms with van der Waals surface area (Å²) >= 11 is 0. The summed E-state index contributed by atoms with van der Waals surface area (Å²) in [7, 11) is -4.64. The minimum absolute atomic E-state index is 0.0531. The number of carbonyl (C=O) groups is 2. The Kier molecular flexibility index (Phi) is 39.2. The van der Waals surface area contributed by atoms with Crippen molar-refractivity contribution < 1.29 is 47.8 Å². The molecule has 10 nitrogen and oxygen atoms in total. The third-order valence-corrected chi connectivity index (χ3v) is 9.50. The van der Waals surface area contributed by atoms with Crippen LogP contribution in [0, 0.1) is 0 Å². The van der Waals surface area contributed by atoms with Crippen molar-refractivity contribution in [3.8, 4) is 0 Å². The van der Waals surface area contributed by atoms with Gasteiger partial charge in [0.2, 0.25) is 0 Å². The molecule has 0 aromatic carbocycles.